The van der Waals surface area contributed by atoms with Crippen LogP contribution < -0.4 is 10.6 Å². The minimum absolute atomic E-state index is 0.130. The van der Waals surface area contributed by atoms with Gasteiger partial charge in [0.15, 0.2) is 0 Å². The van der Waals surface area contributed by atoms with Gasteiger partial charge in [0, 0.05) is 12.1 Å². The van der Waals surface area contributed by atoms with Crippen LogP contribution in [0.2, 0.25) is 0 Å². The Bertz CT molecular complexity index is 483. The molecule has 0 fully saturated rings. The fourth-order valence-electron chi connectivity index (χ4n) is 1.62. The lowest BCUT2D eigenvalue weighted by molar-refractivity contribution is -0.120. The molecule has 1 aromatic rings. The molecule has 1 rings (SSSR count). The maximum Gasteiger partial charge on any atom is 0.405 e. The van der Waals surface area contributed by atoms with Gasteiger partial charge in [-0.2, -0.15) is 13.2 Å². The van der Waals surface area contributed by atoms with E-state index in [4.69, 9.17) is 10.8 Å². The Morgan fingerprint density at radius 2 is 1.75 bits per heavy atom. The van der Waals surface area contributed by atoms with Gasteiger partial charge in [0.05, 0.1) is 6.61 Å². The zero-order valence-corrected chi connectivity index (χ0v) is 10.9. The van der Waals surface area contributed by atoms with Crippen molar-refractivity contribution in [2.75, 3.05) is 24.6 Å². The van der Waals surface area contributed by atoms with Crippen molar-refractivity contribution in [1.82, 2.24) is 0 Å². The quantitative estimate of drug-likeness (QED) is 0.644. The first-order valence-electron chi connectivity index (χ1n) is 5.37. The Labute approximate surface area is 116 Å². The first-order valence-corrected chi connectivity index (χ1v) is 5.78. The molecule has 20 heavy (non-hydrogen) atoms. The van der Waals surface area contributed by atoms with Gasteiger partial charge in [-0.15, -0.1) is 0 Å². The number of rotatable bonds is 5. The van der Waals surface area contributed by atoms with E-state index in [0.717, 1.165) is 12.1 Å². The minimum atomic E-state index is -4.67. The van der Waals surface area contributed by atoms with Crippen LogP contribution in [-0.4, -0.2) is 36.0 Å². The summed E-state index contributed by atoms with van der Waals surface area (Å²) in [6.07, 6.45) is -4.67. The van der Waals surface area contributed by atoms with E-state index in [1.807, 2.05) is 0 Å². The zero-order chi connectivity index (χ0) is 15.5. The average molecular weight is 314 g/mol. The van der Waals surface area contributed by atoms with Crippen LogP contribution in [0.4, 0.5) is 27.6 Å². The molecular formula is C11H11F5N2OS. The van der Waals surface area contributed by atoms with Crippen LogP contribution in [0, 0.1) is 11.6 Å². The van der Waals surface area contributed by atoms with Gasteiger partial charge in [-0.25, -0.2) is 8.78 Å². The summed E-state index contributed by atoms with van der Waals surface area (Å²) in [5.41, 5.74) is 4.19. The van der Waals surface area contributed by atoms with Gasteiger partial charge in [0.2, 0.25) is 0 Å². The second-order valence-corrected chi connectivity index (χ2v) is 4.35. The van der Waals surface area contributed by atoms with E-state index in [-0.39, 0.29) is 10.6 Å². The van der Waals surface area contributed by atoms with E-state index >= 15 is 0 Å². The number of aliphatic hydroxyl groups excluding tert-OH is 1. The van der Waals surface area contributed by atoms with Gasteiger partial charge in [0.25, 0.3) is 0 Å². The average Bonchev–Trinajstić information content (AvgIpc) is 2.25. The maximum absolute atomic E-state index is 13.8. The van der Waals surface area contributed by atoms with Gasteiger partial charge >= 0.3 is 6.18 Å². The molecule has 0 heterocycles. The van der Waals surface area contributed by atoms with Crippen LogP contribution in [0.25, 0.3) is 0 Å². The summed E-state index contributed by atoms with van der Waals surface area (Å²) in [5, 5.41) is 8.72. The largest absolute Gasteiger partial charge is 0.405 e. The number of alkyl halides is 3. The number of nitrogens with two attached hydrogens (primary N) is 1. The lowest BCUT2D eigenvalue weighted by Gasteiger charge is -2.26. The van der Waals surface area contributed by atoms with Crippen molar-refractivity contribution < 1.29 is 27.1 Å². The molecule has 3 nitrogen and oxygen atoms in total. The highest BCUT2D eigenvalue weighted by molar-refractivity contribution is 7.80. The maximum atomic E-state index is 13.8. The van der Waals surface area contributed by atoms with E-state index in [1.54, 1.807) is 0 Å². The van der Waals surface area contributed by atoms with E-state index in [9.17, 15) is 22.0 Å². The molecule has 9 heteroatoms. The summed E-state index contributed by atoms with van der Waals surface area (Å²) in [6.45, 7) is -2.85. The molecule has 0 saturated heterocycles. The van der Waals surface area contributed by atoms with E-state index in [1.165, 1.54) is 0 Å². The zero-order valence-electron chi connectivity index (χ0n) is 10.0. The number of halogens is 5. The Balaban J connectivity index is 3.23. The Hall–Kier alpha value is -1.48. The van der Waals surface area contributed by atoms with Crippen molar-refractivity contribution in [2.45, 2.75) is 6.18 Å². The van der Waals surface area contributed by atoms with E-state index in [0.29, 0.717) is 4.90 Å². The van der Waals surface area contributed by atoms with E-state index < -0.39 is 43.2 Å². The molecule has 112 valence electrons. The molecule has 0 amide bonds. The van der Waals surface area contributed by atoms with Crippen molar-refractivity contribution in [3.8, 4) is 0 Å². The molecule has 0 spiro atoms. The molecule has 0 aliphatic carbocycles. The van der Waals surface area contributed by atoms with Crippen LogP contribution in [0.3, 0.4) is 0 Å². The summed E-state index contributed by atoms with van der Waals surface area (Å²) in [7, 11) is 0. The van der Waals surface area contributed by atoms with Gasteiger partial charge < -0.3 is 15.7 Å². The lowest BCUT2D eigenvalue weighted by atomic mass is 10.1. The highest BCUT2D eigenvalue weighted by Crippen LogP contribution is 2.28. The van der Waals surface area contributed by atoms with Gasteiger partial charge in [0.1, 0.15) is 28.9 Å². The molecule has 0 aliphatic heterocycles. The topological polar surface area (TPSA) is 49.5 Å². The summed E-state index contributed by atoms with van der Waals surface area (Å²) in [5.74, 6) is -2.46. The molecular weight excluding hydrogens is 303 g/mol. The Morgan fingerprint density at radius 1 is 1.25 bits per heavy atom. The highest BCUT2D eigenvalue weighted by atomic mass is 32.1. The monoisotopic (exact) mass is 314 g/mol. The van der Waals surface area contributed by atoms with Crippen molar-refractivity contribution in [2.24, 2.45) is 5.73 Å². The molecule has 3 N–H and O–H groups in total. The lowest BCUT2D eigenvalue weighted by Crippen LogP contribution is -2.37. The van der Waals surface area contributed by atoms with Crippen LogP contribution in [0.1, 0.15) is 5.56 Å². The number of aliphatic hydroxyl groups is 1. The smallest absolute Gasteiger partial charge is 0.395 e. The Morgan fingerprint density at radius 3 is 2.10 bits per heavy atom. The third-order valence-electron chi connectivity index (χ3n) is 2.36. The highest BCUT2D eigenvalue weighted by Gasteiger charge is 2.33. The van der Waals surface area contributed by atoms with Crippen molar-refractivity contribution in [1.29, 1.82) is 0 Å². The number of thiocarbonyl (C=S) groups is 1. The second-order valence-electron chi connectivity index (χ2n) is 3.91. The third-order valence-corrected chi connectivity index (χ3v) is 2.59. The van der Waals surface area contributed by atoms with Crippen LogP contribution in [-0.2, 0) is 0 Å². The van der Waals surface area contributed by atoms with Gasteiger partial charge in [-0.1, -0.05) is 12.2 Å². The molecule has 0 aliphatic rings. The van der Waals surface area contributed by atoms with Crippen LogP contribution in [0.5, 0.6) is 0 Å². The predicted octanol–water partition coefficient (Wildman–Crippen LogP) is 1.96. The predicted molar refractivity (Wildman–Crippen MR) is 67.6 cm³/mol. The number of anilines is 1. The summed E-state index contributed by atoms with van der Waals surface area (Å²) in [6, 6.07) is 1.50. The number of hydrogen-bond acceptors (Lipinski definition) is 3. The first-order chi connectivity index (χ1) is 9.15. The van der Waals surface area contributed by atoms with Crippen LogP contribution >= 0.6 is 12.2 Å². The molecule has 0 saturated carbocycles. The second kappa shape index (κ2) is 6.31. The fraction of sp³-hybridized carbons (Fsp3) is 0.364. The van der Waals surface area contributed by atoms with Crippen molar-refractivity contribution in [3.63, 3.8) is 0 Å². The SMILES string of the molecule is NC(=S)c1cc(F)c(N(CCO)CC(F)(F)F)c(F)c1. The first kappa shape index (κ1) is 16.6. The van der Waals surface area contributed by atoms with Gasteiger partial charge in [-0.3, -0.25) is 0 Å². The fourth-order valence-corrected chi connectivity index (χ4v) is 1.73. The normalized spacial score (nSPS) is 11.5. The summed E-state index contributed by atoms with van der Waals surface area (Å²) < 4.78 is 64.7. The molecule has 0 aromatic heterocycles. The van der Waals surface area contributed by atoms with Gasteiger partial charge in [-0.05, 0) is 12.1 Å². The van der Waals surface area contributed by atoms with Crippen molar-refractivity contribution in [3.05, 3.63) is 29.3 Å². The molecule has 0 atom stereocenters. The number of hydrogen-bond donors (Lipinski definition) is 2. The van der Waals surface area contributed by atoms with Crippen molar-refractivity contribution >= 4 is 22.9 Å². The number of benzene rings is 1. The molecule has 1 aromatic carbocycles. The molecule has 0 radical (unpaired) electrons. The summed E-state index contributed by atoms with van der Waals surface area (Å²) >= 11 is 4.54. The Kier molecular flexibility index (Phi) is 5.23. The third kappa shape index (κ3) is 4.27. The molecule has 0 unspecified atom stereocenters. The number of nitrogens with zero attached hydrogens (tertiary/aromatic N) is 1. The van der Waals surface area contributed by atoms with Crippen LogP contribution in [0.15, 0.2) is 12.1 Å². The van der Waals surface area contributed by atoms with E-state index in [2.05, 4.69) is 12.2 Å². The molecule has 0 bridgehead atoms. The standard InChI is InChI=1S/C11H11F5N2OS/c12-7-3-6(10(17)20)4-8(13)9(7)18(1-2-19)5-11(14,15)16/h3-4,19H,1-2,5H2,(H2,17,20). The summed E-state index contributed by atoms with van der Waals surface area (Å²) in [4.78, 5) is 0.0902. The minimum Gasteiger partial charge on any atom is -0.395 e.